The van der Waals surface area contributed by atoms with Crippen LogP contribution in [0.15, 0.2) is 0 Å². The third-order valence-corrected chi connectivity index (χ3v) is 2.71. The van der Waals surface area contributed by atoms with E-state index in [1.807, 2.05) is 20.8 Å². The summed E-state index contributed by atoms with van der Waals surface area (Å²) in [4.78, 5) is 15.9. The quantitative estimate of drug-likeness (QED) is 0.381. The molecule has 0 bridgehead atoms. The van der Waals surface area contributed by atoms with Gasteiger partial charge in [-0.1, -0.05) is 6.92 Å². The first-order valence-electron chi connectivity index (χ1n) is 6.47. The molecule has 114 valence electrons. The molecular weight excluding hydrogens is 254 g/mol. The molecule has 0 amide bonds. The molecule has 7 nitrogen and oxygen atoms in total. The minimum absolute atomic E-state index is 0.271. The lowest BCUT2D eigenvalue weighted by atomic mass is 10.1. The van der Waals surface area contributed by atoms with E-state index in [9.17, 15) is 4.79 Å². The Morgan fingerprint density at radius 1 is 1.32 bits per heavy atom. The van der Waals surface area contributed by atoms with Crippen molar-refractivity contribution in [1.29, 1.82) is 0 Å². The maximum atomic E-state index is 11.3. The van der Waals surface area contributed by atoms with Crippen LogP contribution in [-0.4, -0.2) is 40.3 Å². The van der Waals surface area contributed by atoms with Crippen LogP contribution >= 0.6 is 0 Å². The van der Waals surface area contributed by atoms with Gasteiger partial charge in [0.1, 0.15) is 5.60 Å². The zero-order valence-corrected chi connectivity index (χ0v) is 12.1. The van der Waals surface area contributed by atoms with Gasteiger partial charge in [0.05, 0.1) is 18.1 Å². The fourth-order valence-corrected chi connectivity index (χ4v) is 1.23. The van der Waals surface area contributed by atoms with E-state index in [2.05, 4.69) is 4.84 Å². The van der Waals surface area contributed by atoms with Gasteiger partial charge in [-0.15, -0.1) is 0 Å². The van der Waals surface area contributed by atoms with E-state index in [0.29, 0.717) is 12.8 Å². The molecule has 0 aromatic rings. The van der Waals surface area contributed by atoms with Crippen molar-refractivity contribution in [3.8, 4) is 0 Å². The third kappa shape index (κ3) is 10.7. The standard InChI is InChI=1S/C12H25NO6/c1-5-12(3,4)18-11(14)17-9-7-6-8-10(2)19-13(15)16/h10,15-16H,5-9H2,1-4H3/t10-/m0/s1. The normalized spacial score (nSPS) is 13.4. The van der Waals surface area contributed by atoms with Gasteiger partial charge < -0.3 is 9.47 Å². The number of nitrogens with zero attached hydrogens (tertiary/aromatic N) is 1. The summed E-state index contributed by atoms with van der Waals surface area (Å²) < 4.78 is 10.0. The van der Waals surface area contributed by atoms with E-state index in [1.54, 1.807) is 6.92 Å². The number of ether oxygens (including phenoxy) is 2. The molecule has 0 saturated heterocycles. The van der Waals surface area contributed by atoms with Crippen LogP contribution in [0.4, 0.5) is 4.79 Å². The van der Waals surface area contributed by atoms with E-state index in [-0.39, 0.29) is 18.1 Å². The summed E-state index contributed by atoms with van der Waals surface area (Å²) in [5, 5.41) is 16.5. The minimum Gasteiger partial charge on any atom is -0.434 e. The monoisotopic (exact) mass is 279 g/mol. The first kappa shape index (κ1) is 18.1. The largest absolute Gasteiger partial charge is 0.508 e. The Bertz CT molecular complexity index is 257. The zero-order valence-electron chi connectivity index (χ0n) is 12.1. The van der Waals surface area contributed by atoms with Crippen molar-refractivity contribution in [3.63, 3.8) is 0 Å². The van der Waals surface area contributed by atoms with Crippen LogP contribution in [-0.2, 0) is 14.3 Å². The fraction of sp³-hybridized carbons (Fsp3) is 0.917. The number of hydrogen-bond donors (Lipinski definition) is 2. The summed E-state index contributed by atoms with van der Waals surface area (Å²) in [7, 11) is 0. The summed E-state index contributed by atoms with van der Waals surface area (Å²) in [6, 6.07) is 0. The lowest BCUT2D eigenvalue weighted by molar-refractivity contribution is -0.503. The van der Waals surface area contributed by atoms with Gasteiger partial charge in [-0.2, -0.15) is 0 Å². The summed E-state index contributed by atoms with van der Waals surface area (Å²) >= 11 is 0. The Morgan fingerprint density at radius 2 is 1.95 bits per heavy atom. The second-order valence-corrected chi connectivity index (χ2v) is 4.98. The van der Waals surface area contributed by atoms with E-state index in [1.165, 1.54) is 0 Å². The third-order valence-electron chi connectivity index (χ3n) is 2.71. The molecule has 0 spiro atoms. The van der Waals surface area contributed by atoms with Crippen LogP contribution < -0.4 is 0 Å². The molecule has 2 N–H and O–H groups in total. The van der Waals surface area contributed by atoms with Crippen LogP contribution in [0.1, 0.15) is 53.4 Å². The molecule has 0 aromatic heterocycles. The molecule has 0 saturated carbocycles. The Kier molecular flexibility index (Phi) is 8.66. The molecule has 0 rings (SSSR count). The van der Waals surface area contributed by atoms with Crippen LogP contribution in [0.25, 0.3) is 0 Å². The molecule has 0 aliphatic carbocycles. The number of rotatable bonds is 9. The number of hydrogen-bond acceptors (Lipinski definition) is 7. The topological polar surface area (TPSA) is 88.5 Å². The predicted molar refractivity (Wildman–Crippen MR) is 66.6 cm³/mol. The lowest BCUT2D eigenvalue weighted by Gasteiger charge is -2.22. The van der Waals surface area contributed by atoms with Gasteiger partial charge in [-0.05, 0) is 46.5 Å². The van der Waals surface area contributed by atoms with E-state index in [0.717, 1.165) is 12.8 Å². The van der Waals surface area contributed by atoms with E-state index in [4.69, 9.17) is 19.9 Å². The second-order valence-electron chi connectivity index (χ2n) is 4.98. The minimum atomic E-state index is -0.659. The highest BCUT2D eigenvalue weighted by Crippen LogP contribution is 2.14. The predicted octanol–water partition coefficient (Wildman–Crippen LogP) is 2.90. The van der Waals surface area contributed by atoms with Gasteiger partial charge in [0.15, 0.2) is 0 Å². The van der Waals surface area contributed by atoms with Crippen LogP contribution in [0.3, 0.4) is 0 Å². The molecule has 0 aliphatic rings. The van der Waals surface area contributed by atoms with E-state index < -0.39 is 11.8 Å². The average molecular weight is 279 g/mol. The maximum absolute atomic E-state index is 11.3. The van der Waals surface area contributed by atoms with Crippen LogP contribution in [0, 0.1) is 0 Å². The highest BCUT2D eigenvalue weighted by Gasteiger charge is 2.21. The van der Waals surface area contributed by atoms with Crippen molar-refractivity contribution >= 4 is 6.16 Å². The first-order valence-corrected chi connectivity index (χ1v) is 6.47. The molecular formula is C12H25NO6. The van der Waals surface area contributed by atoms with Crippen molar-refractivity contribution in [3.05, 3.63) is 0 Å². The Balaban J connectivity index is 3.57. The van der Waals surface area contributed by atoms with Gasteiger partial charge in [0.2, 0.25) is 0 Å². The van der Waals surface area contributed by atoms with Crippen molar-refractivity contribution in [2.75, 3.05) is 6.61 Å². The van der Waals surface area contributed by atoms with E-state index >= 15 is 0 Å². The average Bonchev–Trinajstić information content (AvgIpc) is 2.27. The van der Waals surface area contributed by atoms with Gasteiger partial charge >= 0.3 is 6.16 Å². The Morgan fingerprint density at radius 3 is 2.47 bits per heavy atom. The summed E-state index contributed by atoms with van der Waals surface area (Å²) in [6.07, 6.45) is 1.76. The second kappa shape index (κ2) is 9.08. The molecule has 0 heterocycles. The SMILES string of the molecule is CCC(C)(C)OC(=O)OCCCC[C@H](C)ON(O)O. The molecule has 0 unspecified atom stereocenters. The van der Waals surface area contributed by atoms with Crippen molar-refractivity contribution < 1.29 is 29.5 Å². The van der Waals surface area contributed by atoms with Crippen LogP contribution in [0.2, 0.25) is 0 Å². The first-order chi connectivity index (χ1) is 8.76. The summed E-state index contributed by atoms with van der Waals surface area (Å²) in [6.45, 7) is 7.55. The number of unbranched alkanes of at least 4 members (excludes halogenated alkanes) is 1. The van der Waals surface area contributed by atoms with Gasteiger partial charge in [-0.3, -0.25) is 10.4 Å². The molecule has 1 atom stereocenters. The molecule has 0 aromatic carbocycles. The highest BCUT2D eigenvalue weighted by molar-refractivity contribution is 5.60. The van der Waals surface area contributed by atoms with Gasteiger partial charge in [-0.25, -0.2) is 9.63 Å². The van der Waals surface area contributed by atoms with Gasteiger partial charge in [0, 0.05) is 0 Å². The van der Waals surface area contributed by atoms with Crippen molar-refractivity contribution in [2.45, 2.75) is 65.1 Å². The smallest absolute Gasteiger partial charge is 0.434 e. The zero-order chi connectivity index (χ0) is 14.9. The molecule has 19 heavy (non-hydrogen) atoms. The number of carbonyl (C=O) groups excluding carboxylic acids is 1. The maximum Gasteiger partial charge on any atom is 0.508 e. The Labute approximate surface area is 113 Å². The summed E-state index contributed by atoms with van der Waals surface area (Å²) in [5.41, 5.74) is -0.509. The lowest BCUT2D eigenvalue weighted by Crippen LogP contribution is -2.27. The number of carbonyl (C=O) groups is 1. The molecule has 0 fully saturated rings. The highest BCUT2D eigenvalue weighted by atomic mass is 17.1. The van der Waals surface area contributed by atoms with Crippen LogP contribution in [0.5, 0.6) is 0 Å². The van der Waals surface area contributed by atoms with Crippen molar-refractivity contribution in [1.82, 2.24) is 5.39 Å². The fourth-order valence-electron chi connectivity index (χ4n) is 1.23. The summed E-state index contributed by atoms with van der Waals surface area (Å²) in [5.74, 6) is 0. The molecule has 7 heteroatoms. The Hall–Kier alpha value is -0.890. The molecule has 0 aliphatic heterocycles. The van der Waals surface area contributed by atoms with Gasteiger partial charge in [0.25, 0.3) is 0 Å². The molecule has 0 radical (unpaired) electrons. The van der Waals surface area contributed by atoms with Crippen molar-refractivity contribution in [2.24, 2.45) is 0 Å².